The highest BCUT2D eigenvalue weighted by atomic mass is 32.2. The third kappa shape index (κ3) is 2.41. The van der Waals surface area contributed by atoms with Crippen LogP contribution in [0.15, 0.2) is 33.8 Å². The number of nitrogens with two attached hydrogens (primary N) is 1. The van der Waals surface area contributed by atoms with E-state index < -0.39 is 0 Å². The van der Waals surface area contributed by atoms with Gasteiger partial charge in [0.05, 0.1) is 12.3 Å². The molecular formula is C13H15N5OS. The van der Waals surface area contributed by atoms with Crippen LogP contribution in [-0.2, 0) is 18.8 Å². The molecule has 0 saturated carbocycles. The third-order valence-electron chi connectivity index (χ3n) is 2.96. The summed E-state index contributed by atoms with van der Waals surface area (Å²) in [6.45, 7) is 3.24. The smallest absolute Gasteiger partial charge is 0.205 e. The molecule has 104 valence electrons. The van der Waals surface area contributed by atoms with Crippen molar-refractivity contribution in [2.24, 2.45) is 5.73 Å². The summed E-state index contributed by atoms with van der Waals surface area (Å²) in [6, 6.07) is 7.74. The van der Waals surface area contributed by atoms with Gasteiger partial charge in [0.15, 0.2) is 10.7 Å². The fraction of sp³-hybridized carbons (Fsp3) is 0.308. The van der Waals surface area contributed by atoms with Crippen molar-refractivity contribution in [3.05, 3.63) is 36.0 Å². The molecule has 3 aromatic rings. The van der Waals surface area contributed by atoms with E-state index in [9.17, 15) is 0 Å². The number of thioether (sulfide) groups is 1. The minimum atomic E-state index is 0.393. The van der Waals surface area contributed by atoms with Crippen LogP contribution in [0.4, 0.5) is 0 Å². The Kier molecular flexibility index (Phi) is 3.70. The van der Waals surface area contributed by atoms with Crippen molar-refractivity contribution >= 4 is 22.9 Å². The lowest BCUT2D eigenvalue weighted by atomic mass is 10.3. The molecule has 2 heterocycles. The van der Waals surface area contributed by atoms with E-state index in [-0.39, 0.29) is 0 Å². The molecule has 0 unspecified atom stereocenters. The van der Waals surface area contributed by atoms with Gasteiger partial charge in [-0.05, 0) is 19.1 Å². The largest absolute Gasteiger partial charge is 0.440 e. The standard InChI is InChI=1S/C13H15N5OS/c1-2-18-11(7-14)16-17-13(18)20-8-12-15-9-5-3-4-6-10(9)19-12/h3-6H,2,7-8,14H2,1H3. The number of hydrogen-bond acceptors (Lipinski definition) is 6. The molecule has 6 nitrogen and oxygen atoms in total. The molecule has 2 aromatic heterocycles. The predicted molar refractivity (Wildman–Crippen MR) is 77.2 cm³/mol. The number of aromatic nitrogens is 4. The van der Waals surface area contributed by atoms with Gasteiger partial charge in [0, 0.05) is 6.54 Å². The Morgan fingerprint density at radius 1 is 1.30 bits per heavy atom. The van der Waals surface area contributed by atoms with Crippen molar-refractivity contribution in [1.82, 2.24) is 19.7 Å². The van der Waals surface area contributed by atoms with E-state index in [1.165, 1.54) is 0 Å². The van der Waals surface area contributed by atoms with E-state index in [0.29, 0.717) is 18.2 Å². The average molecular weight is 289 g/mol. The van der Waals surface area contributed by atoms with Crippen LogP contribution in [0.1, 0.15) is 18.6 Å². The molecule has 0 spiro atoms. The van der Waals surface area contributed by atoms with Gasteiger partial charge < -0.3 is 14.7 Å². The number of nitrogens with zero attached hydrogens (tertiary/aromatic N) is 4. The van der Waals surface area contributed by atoms with E-state index in [0.717, 1.165) is 28.6 Å². The van der Waals surface area contributed by atoms with Gasteiger partial charge >= 0.3 is 0 Å². The first-order valence-corrected chi connectivity index (χ1v) is 7.39. The molecule has 0 fully saturated rings. The van der Waals surface area contributed by atoms with Gasteiger partial charge in [0.1, 0.15) is 11.3 Å². The van der Waals surface area contributed by atoms with Gasteiger partial charge in [-0.25, -0.2) is 4.98 Å². The Bertz CT molecular complexity index is 687. The maximum absolute atomic E-state index is 5.68. The molecule has 0 saturated heterocycles. The lowest BCUT2D eigenvalue weighted by Gasteiger charge is -2.04. The number of hydrogen-bond donors (Lipinski definition) is 1. The maximum Gasteiger partial charge on any atom is 0.205 e. The molecule has 0 radical (unpaired) electrons. The van der Waals surface area contributed by atoms with Crippen molar-refractivity contribution < 1.29 is 4.42 Å². The normalized spacial score (nSPS) is 11.3. The van der Waals surface area contributed by atoms with E-state index >= 15 is 0 Å². The molecule has 0 aliphatic rings. The highest BCUT2D eigenvalue weighted by Crippen LogP contribution is 2.24. The van der Waals surface area contributed by atoms with Gasteiger partial charge in [-0.3, -0.25) is 0 Å². The molecule has 1 aromatic carbocycles. The van der Waals surface area contributed by atoms with Gasteiger partial charge in [-0.1, -0.05) is 23.9 Å². The summed E-state index contributed by atoms with van der Waals surface area (Å²) in [6.07, 6.45) is 0. The van der Waals surface area contributed by atoms with Crippen LogP contribution in [0.2, 0.25) is 0 Å². The van der Waals surface area contributed by atoms with Crippen LogP contribution in [0.25, 0.3) is 11.1 Å². The van der Waals surface area contributed by atoms with Gasteiger partial charge in [-0.2, -0.15) is 0 Å². The molecule has 20 heavy (non-hydrogen) atoms. The molecule has 0 aliphatic heterocycles. The average Bonchev–Trinajstić information content (AvgIpc) is 3.07. The first kappa shape index (κ1) is 13.1. The molecular weight excluding hydrogens is 274 g/mol. The van der Waals surface area contributed by atoms with Crippen LogP contribution in [0.5, 0.6) is 0 Å². The molecule has 0 atom stereocenters. The number of para-hydroxylation sites is 2. The number of rotatable bonds is 5. The van der Waals surface area contributed by atoms with Crippen LogP contribution in [0.3, 0.4) is 0 Å². The first-order valence-electron chi connectivity index (χ1n) is 6.41. The number of benzene rings is 1. The van der Waals surface area contributed by atoms with Crippen molar-refractivity contribution in [1.29, 1.82) is 0 Å². The molecule has 0 aliphatic carbocycles. The summed E-state index contributed by atoms with van der Waals surface area (Å²) in [5.74, 6) is 2.11. The second-order valence-electron chi connectivity index (χ2n) is 4.21. The topological polar surface area (TPSA) is 82.8 Å². The van der Waals surface area contributed by atoms with E-state index in [2.05, 4.69) is 15.2 Å². The van der Waals surface area contributed by atoms with E-state index in [1.54, 1.807) is 11.8 Å². The zero-order valence-electron chi connectivity index (χ0n) is 11.1. The van der Waals surface area contributed by atoms with Gasteiger partial charge in [0.25, 0.3) is 0 Å². The van der Waals surface area contributed by atoms with Crippen molar-refractivity contribution in [2.75, 3.05) is 0 Å². The lowest BCUT2D eigenvalue weighted by Crippen LogP contribution is -2.08. The fourth-order valence-electron chi connectivity index (χ4n) is 2.00. The third-order valence-corrected chi connectivity index (χ3v) is 3.91. The quantitative estimate of drug-likeness (QED) is 0.725. The summed E-state index contributed by atoms with van der Waals surface area (Å²) >= 11 is 1.55. The number of oxazole rings is 1. The van der Waals surface area contributed by atoms with Crippen LogP contribution < -0.4 is 5.73 Å². The summed E-state index contributed by atoms with van der Waals surface area (Å²) in [5, 5.41) is 9.07. The summed E-state index contributed by atoms with van der Waals surface area (Å²) < 4.78 is 7.69. The van der Waals surface area contributed by atoms with Gasteiger partial charge in [-0.15, -0.1) is 10.2 Å². The lowest BCUT2D eigenvalue weighted by molar-refractivity contribution is 0.555. The Morgan fingerprint density at radius 3 is 2.90 bits per heavy atom. The minimum absolute atomic E-state index is 0.393. The monoisotopic (exact) mass is 289 g/mol. The van der Waals surface area contributed by atoms with Crippen molar-refractivity contribution in [2.45, 2.75) is 30.9 Å². The molecule has 7 heteroatoms. The second kappa shape index (κ2) is 5.64. The van der Waals surface area contributed by atoms with E-state index in [4.69, 9.17) is 10.2 Å². The summed E-state index contributed by atoms with van der Waals surface area (Å²) in [4.78, 5) is 4.44. The Morgan fingerprint density at radius 2 is 2.15 bits per heavy atom. The number of fused-ring (bicyclic) bond motifs is 1. The SMILES string of the molecule is CCn1c(CN)nnc1SCc1nc2ccccc2o1. The Hall–Kier alpha value is -1.86. The highest BCUT2D eigenvalue weighted by molar-refractivity contribution is 7.98. The zero-order chi connectivity index (χ0) is 13.9. The Labute approximate surface area is 120 Å². The molecule has 0 bridgehead atoms. The highest BCUT2D eigenvalue weighted by Gasteiger charge is 2.12. The summed E-state index contributed by atoms with van der Waals surface area (Å²) in [5.41, 5.74) is 7.32. The second-order valence-corrected chi connectivity index (χ2v) is 5.15. The van der Waals surface area contributed by atoms with Crippen LogP contribution in [0, 0.1) is 0 Å². The molecule has 2 N–H and O–H groups in total. The van der Waals surface area contributed by atoms with E-state index in [1.807, 2.05) is 35.8 Å². The van der Waals surface area contributed by atoms with Crippen LogP contribution >= 0.6 is 11.8 Å². The molecule has 3 rings (SSSR count). The predicted octanol–water partition coefficient (Wildman–Crippen LogP) is 2.19. The summed E-state index contributed by atoms with van der Waals surface area (Å²) in [7, 11) is 0. The zero-order valence-corrected chi connectivity index (χ0v) is 11.9. The van der Waals surface area contributed by atoms with Crippen molar-refractivity contribution in [3.8, 4) is 0 Å². The minimum Gasteiger partial charge on any atom is -0.440 e. The van der Waals surface area contributed by atoms with Crippen LogP contribution in [-0.4, -0.2) is 19.7 Å². The van der Waals surface area contributed by atoms with Crippen molar-refractivity contribution in [3.63, 3.8) is 0 Å². The maximum atomic E-state index is 5.68. The molecule has 0 amide bonds. The first-order chi connectivity index (χ1) is 9.81. The van der Waals surface area contributed by atoms with Gasteiger partial charge in [0.2, 0.25) is 5.89 Å². The Balaban J connectivity index is 1.77. The fourth-order valence-corrected chi connectivity index (χ4v) is 2.87.